The van der Waals surface area contributed by atoms with E-state index >= 15 is 0 Å². The Balaban J connectivity index is 2.34. The maximum atomic E-state index is 4.37. The van der Waals surface area contributed by atoms with Crippen LogP contribution in [0.25, 0.3) is 11.0 Å². The highest BCUT2D eigenvalue weighted by Crippen LogP contribution is 2.26. The SMILES string of the molecule is c1nc2cnc3c(c2[nH]1)NCCC3. The zero-order valence-corrected chi connectivity index (χ0v) is 7.17. The van der Waals surface area contributed by atoms with E-state index < -0.39 is 0 Å². The van der Waals surface area contributed by atoms with Crippen molar-refractivity contribution in [3.05, 3.63) is 18.2 Å². The van der Waals surface area contributed by atoms with Gasteiger partial charge in [-0.25, -0.2) is 4.98 Å². The molecule has 0 amide bonds. The van der Waals surface area contributed by atoms with Gasteiger partial charge in [0.05, 0.1) is 29.4 Å². The van der Waals surface area contributed by atoms with E-state index in [2.05, 4.69) is 20.3 Å². The molecule has 0 radical (unpaired) electrons. The van der Waals surface area contributed by atoms with Crippen LogP contribution in [0.1, 0.15) is 12.1 Å². The Bertz CT molecular complexity index is 446. The minimum Gasteiger partial charge on any atom is -0.382 e. The maximum absolute atomic E-state index is 4.37. The number of aromatic nitrogens is 3. The highest BCUT2D eigenvalue weighted by Gasteiger charge is 2.13. The zero-order chi connectivity index (χ0) is 8.67. The molecular weight excluding hydrogens is 164 g/mol. The van der Waals surface area contributed by atoms with Crippen molar-refractivity contribution in [2.45, 2.75) is 12.8 Å². The molecule has 0 bridgehead atoms. The fraction of sp³-hybridized carbons (Fsp3) is 0.333. The number of nitrogens with zero attached hydrogens (tertiary/aromatic N) is 2. The Morgan fingerprint density at radius 2 is 2.31 bits per heavy atom. The Morgan fingerprint density at radius 3 is 3.31 bits per heavy atom. The van der Waals surface area contributed by atoms with Gasteiger partial charge in [-0.2, -0.15) is 0 Å². The lowest BCUT2D eigenvalue weighted by Gasteiger charge is -2.16. The number of pyridine rings is 1. The number of fused-ring (bicyclic) bond motifs is 3. The summed E-state index contributed by atoms with van der Waals surface area (Å²) in [4.78, 5) is 11.7. The molecule has 3 heterocycles. The summed E-state index contributed by atoms with van der Waals surface area (Å²) in [5.74, 6) is 0. The first-order chi connectivity index (χ1) is 6.45. The predicted molar refractivity (Wildman–Crippen MR) is 50.7 cm³/mol. The third-order valence-electron chi connectivity index (χ3n) is 2.44. The Morgan fingerprint density at radius 1 is 1.31 bits per heavy atom. The smallest absolute Gasteiger partial charge is 0.109 e. The monoisotopic (exact) mass is 174 g/mol. The number of aromatic amines is 1. The minimum atomic E-state index is 0.938. The molecule has 0 aromatic carbocycles. The number of imidazole rings is 1. The van der Waals surface area contributed by atoms with Gasteiger partial charge in [0.25, 0.3) is 0 Å². The van der Waals surface area contributed by atoms with E-state index in [-0.39, 0.29) is 0 Å². The van der Waals surface area contributed by atoms with Gasteiger partial charge in [-0.15, -0.1) is 0 Å². The summed E-state index contributed by atoms with van der Waals surface area (Å²) >= 11 is 0. The first kappa shape index (κ1) is 6.88. The fourth-order valence-corrected chi connectivity index (χ4v) is 1.80. The van der Waals surface area contributed by atoms with Gasteiger partial charge in [0.1, 0.15) is 5.52 Å². The number of anilines is 1. The average Bonchev–Trinajstić information content (AvgIpc) is 2.65. The first-order valence-corrected chi connectivity index (χ1v) is 4.50. The molecule has 1 aliphatic rings. The Labute approximate surface area is 75.4 Å². The second-order valence-corrected chi connectivity index (χ2v) is 3.27. The van der Waals surface area contributed by atoms with Crippen LogP contribution in [-0.2, 0) is 6.42 Å². The van der Waals surface area contributed by atoms with Crippen molar-refractivity contribution in [3.63, 3.8) is 0 Å². The third-order valence-corrected chi connectivity index (χ3v) is 2.44. The average molecular weight is 174 g/mol. The summed E-state index contributed by atoms with van der Waals surface area (Å²) in [6, 6.07) is 0. The van der Waals surface area contributed by atoms with Crippen LogP contribution in [0.15, 0.2) is 12.5 Å². The molecule has 4 heteroatoms. The van der Waals surface area contributed by atoms with Crippen molar-refractivity contribution in [1.82, 2.24) is 15.0 Å². The van der Waals surface area contributed by atoms with Crippen molar-refractivity contribution >= 4 is 16.7 Å². The van der Waals surface area contributed by atoms with Crippen molar-refractivity contribution < 1.29 is 0 Å². The third kappa shape index (κ3) is 0.915. The lowest BCUT2D eigenvalue weighted by molar-refractivity contribution is 0.805. The van der Waals surface area contributed by atoms with E-state index in [0.29, 0.717) is 0 Å². The van der Waals surface area contributed by atoms with Crippen molar-refractivity contribution in [1.29, 1.82) is 0 Å². The van der Waals surface area contributed by atoms with Gasteiger partial charge in [-0.05, 0) is 12.8 Å². The molecule has 66 valence electrons. The zero-order valence-electron chi connectivity index (χ0n) is 7.17. The summed E-state index contributed by atoms with van der Waals surface area (Å²) in [5, 5.41) is 3.36. The van der Waals surface area contributed by atoms with Crippen molar-refractivity contribution in [2.24, 2.45) is 0 Å². The summed E-state index contributed by atoms with van der Waals surface area (Å²) in [7, 11) is 0. The standard InChI is InChI=1S/C9H10N4/c1-2-6-8(10-3-1)9-7(4-11-6)12-5-13-9/h4-5,10H,1-3H2,(H,12,13). The molecule has 0 unspecified atom stereocenters. The van der Waals surface area contributed by atoms with Crippen molar-refractivity contribution in [3.8, 4) is 0 Å². The number of hydrogen-bond acceptors (Lipinski definition) is 3. The number of rotatable bonds is 0. The molecule has 3 rings (SSSR count). The largest absolute Gasteiger partial charge is 0.382 e. The summed E-state index contributed by atoms with van der Waals surface area (Å²) in [6.07, 6.45) is 5.78. The number of nitrogens with one attached hydrogen (secondary N) is 2. The number of hydrogen-bond donors (Lipinski definition) is 2. The number of aryl methyl sites for hydroxylation is 1. The fourth-order valence-electron chi connectivity index (χ4n) is 1.80. The Hall–Kier alpha value is -1.58. The lowest BCUT2D eigenvalue weighted by atomic mass is 10.1. The van der Waals surface area contributed by atoms with Crippen LogP contribution in [0.4, 0.5) is 5.69 Å². The normalized spacial score (nSPS) is 15.4. The van der Waals surface area contributed by atoms with Crippen LogP contribution in [0.5, 0.6) is 0 Å². The molecule has 13 heavy (non-hydrogen) atoms. The lowest BCUT2D eigenvalue weighted by Crippen LogP contribution is -2.13. The van der Waals surface area contributed by atoms with E-state index in [0.717, 1.165) is 35.4 Å². The molecule has 2 N–H and O–H groups in total. The second-order valence-electron chi connectivity index (χ2n) is 3.27. The number of H-pyrrole nitrogens is 1. The molecule has 0 aliphatic carbocycles. The molecule has 1 aliphatic heterocycles. The highest BCUT2D eigenvalue weighted by molar-refractivity contribution is 5.88. The van der Waals surface area contributed by atoms with Gasteiger partial charge in [-0.3, -0.25) is 4.98 Å². The van der Waals surface area contributed by atoms with E-state index in [9.17, 15) is 0 Å². The second kappa shape index (κ2) is 2.45. The van der Waals surface area contributed by atoms with Crippen LogP contribution in [-0.4, -0.2) is 21.5 Å². The molecule has 2 aromatic heterocycles. The van der Waals surface area contributed by atoms with Gasteiger partial charge in [0.2, 0.25) is 0 Å². The van der Waals surface area contributed by atoms with E-state index in [1.54, 1.807) is 6.33 Å². The van der Waals surface area contributed by atoms with Crippen LogP contribution in [0.3, 0.4) is 0 Å². The molecule has 0 saturated carbocycles. The summed E-state index contributed by atoms with van der Waals surface area (Å²) in [5.41, 5.74) is 4.32. The van der Waals surface area contributed by atoms with Gasteiger partial charge in [-0.1, -0.05) is 0 Å². The van der Waals surface area contributed by atoms with Gasteiger partial charge < -0.3 is 10.3 Å². The van der Waals surface area contributed by atoms with Gasteiger partial charge in [0, 0.05) is 6.54 Å². The quantitative estimate of drug-likeness (QED) is 0.633. The van der Waals surface area contributed by atoms with Crippen LogP contribution in [0, 0.1) is 0 Å². The highest BCUT2D eigenvalue weighted by atomic mass is 15.0. The molecule has 4 nitrogen and oxygen atoms in total. The van der Waals surface area contributed by atoms with E-state index in [4.69, 9.17) is 0 Å². The molecule has 2 aromatic rings. The Kier molecular flexibility index (Phi) is 1.30. The molecule has 0 saturated heterocycles. The van der Waals surface area contributed by atoms with Crippen LogP contribution in [0.2, 0.25) is 0 Å². The molecule has 0 fully saturated rings. The first-order valence-electron chi connectivity index (χ1n) is 4.50. The van der Waals surface area contributed by atoms with E-state index in [1.807, 2.05) is 6.20 Å². The van der Waals surface area contributed by atoms with Gasteiger partial charge in [0.15, 0.2) is 0 Å². The minimum absolute atomic E-state index is 0.938. The maximum Gasteiger partial charge on any atom is 0.109 e. The van der Waals surface area contributed by atoms with Gasteiger partial charge >= 0.3 is 0 Å². The van der Waals surface area contributed by atoms with Crippen molar-refractivity contribution in [2.75, 3.05) is 11.9 Å². The van der Waals surface area contributed by atoms with Crippen LogP contribution >= 0.6 is 0 Å². The van der Waals surface area contributed by atoms with Crippen LogP contribution < -0.4 is 5.32 Å². The van der Waals surface area contributed by atoms with E-state index in [1.165, 1.54) is 6.42 Å². The molecule has 0 atom stereocenters. The molecule has 0 spiro atoms. The topological polar surface area (TPSA) is 53.6 Å². The summed E-state index contributed by atoms with van der Waals surface area (Å²) in [6.45, 7) is 1.03. The summed E-state index contributed by atoms with van der Waals surface area (Å²) < 4.78 is 0. The predicted octanol–water partition coefficient (Wildman–Crippen LogP) is 1.32. The molecular formula is C9H10N4.